The van der Waals surface area contributed by atoms with Crippen molar-refractivity contribution in [2.24, 2.45) is 10.8 Å². The summed E-state index contributed by atoms with van der Waals surface area (Å²) < 4.78 is 13.8. The fourth-order valence-electron chi connectivity index (χ4n) is 7.38. The minimum atomic E-state index is -0.518. The van der Waals surface area contributed by atoms with E-state index in [1.54, 1.807) is 12.3 Å². The van der Waals surface area contributed by atoms with Crippen LogP contribution < -0.4 is 5.32 Å². The molecule has 0 radical (unpaired) electrons. The molecule has 6 rings (SSSR count). The molecule has 1 heterocycles. The maximum atomic E-state index is 13.8. The summed E-state index contributed by atoms with van der Waals surface area (Å²) in [4.78, 5) is 4.32. The summed E-state index contributed by atoms with van der Waals surface area (Å²) in [6, 6.07) is 7.11. The zero-order valence-corrected chi connectivity index (χ0v) is 15.6. The van der Waals surface area contributed by atoms with Crippen LogP contribution in [0.5, 0.6) is 0 Å². The third-order valence-corrected chi connectivity index (χ3v) is 6.95. The van der Waals surface area contributed by atoms with Gasteiger partial charge >= 0.3 is 0 Å². The Bertz CT molecular complexity index is 841. The lowest BCUT2D eigenvalue weighted by molar-refractivity contribution is -0.205. The van der Waals surface area contributed by atoms with Gasteiger partial charge in [-0.2, -0.15) is 0 Å². The maximum absolute atomic E-state index is 13.8. The lowest BCUT2D eigenvalue weighted by Gasteiger charge is -2.68. The molecule has 2 atom stereocenters. The Morgan fingerprint density at radius 3 is 2.50 bits per heavy atom. The van der Waals surface area contributed by atoms with Crippen LogP contribution in [0, 0.1) is 16.6 Å². The van der Waals surface area contributed by atoms with Crippen LogP contribution in [0.4, 0.5) is 4.39 Å². The first-order valence-corrected chi connectivity index (χ1v) is 9.70. The number of halogens is 1. The summed E-state index contributed by atoms with van der Waals surface area (Å²) in [5.41, 5.74) is 1.45. The summed E-state index contributed by atoms with van der Waals surface area (Å²) in [6.07, 6.45) is 7.99. The number of nitrogens with zero attached hydrogens (tertiary/aromatic N) is 1. The predicted molar refractivity (Wildman–Crippen MR) is 100 cm³/mol. The van der Waals surface area contributed by atoms with Crippen molar-refractivity contribution < 1.29 is 9.50 Å². The van der Waals surface area contributed by atoms with Gasteiger partial charge in [0.15, 0.2) is 0 Å². The van der Waals surface area contributed by atoms with Crippen molar-refractivity contribution >= 4 is 10.9 Å². The number of aromatic nitrogens is 1. The first-order chi connectivity index (χ1) is 12.2. The molecule has 1 aromatic carbocycles. The molecule has 4 aliphatic carbocycles. The second-order valence-corrected chi connectivity index (χ2v) is 10.2. The molecule has 2 unspecified atom stereocenters. The molecule has 1 aromatic heterocycles. The fourth-order valence-corrected chi connectivity index (χ4v) is 7.38. The fraction of sp³-hybridized carbons (Fsp3) is 0.591. The van der Waals surface area contributed by atoms with Crippen LogP contribution in [0.25, 0.3) is 10.9 Å². The molecule has 0 aliphatic heterocycles. The number of benzene rings is 1. The summed E-state index contributed by atoms with van der Waals surface area (Å²) in [5, 5.41) is 15.8. The lowest BCUT2D eigenvalue weighted by atomic mass is 9.41. The van der Waals surface area contributed by atoms with Gasteiger partial charge in [0.2, 0.25) is 0 Å². The van der Waals surface area contributed by atoms with E-state index in [-0.39, 0.29) is 22.2 Å². The van der Waals surface area contributed by atoms with E-state index in [0.29, 0.717) is 12.1 Å². The van der Waals surface area contributed by atoms with E-state index in [2.05, 4.69) is 24.1 Å². The monoisotopic (exact) mass is 354 g/mol. The van der Waals surface area contributed by atoms with Crippen LogP contribution in [0.1, 0.15) is 57.9 Å². The van der Waals surface area contributed by atoms with Crippen molar-refractivity contribution in [3.63, 3.8) is 0 Å². The van der Waals surface area contributed by atoms with Gasteiger partial charge in [-0.15, -0.1) is 0 Å². The van der Waals surface area contributed by atoms with Crippen molar-refractivity contribution in [2.45, 2.75) is 70.1 Å². The maximum Gasteiger partial charge on any atom is 0.149 e. The summed E-state index contributed by atoms with van der Waals surface area (Å²) in [7, 11) is 0. The van der Waals surface area contributed by atoms with E-state index >= 15 is 0 Å². The summed E-state index contributed by atoms with van der Waals surface area (Å²) in [6.45, 7) is 5.41. The van der Waals surface area contributed by atoms with E-state index in [1.165, 1.54) is 12.5 Å². The molecule has 4 saturated carbocycles. The highest BCUT2D eigenvalue weighted by atomic mass is 19.1. The third kappa shape index (κ3) is 2.57. The Balaban J connectivity index is 1.42. The average molecular weight is 354 g/mol. The van der Waals surface area contributed by atoms with E-state index in [0.717, 1.165) is 43.1 Å². The van der Waals surface area contributed by atoms with Crippen LogP contribution in [-0.2, 0) is 6.54 Å². The zero-order chi connectivity index (χ0) is 18.2. The zero-order valence-electron chi connectivity index (χ0n) is 15.6. The molecule has 0 spiro atoms. The van der Waals surface area contributed by atoms with Crippen molar-refractivity contribution in [1.82, 2.24) is 10.3 Å². The summed E-state index contributed by atoms with van der Waals surface area (Å²) >= 11 is 0. The van der Waals surface area contributed by atoms with Crippen molar-refractivity contribution in [1.29, 1.82) is 0 Å². The van der Waals surface area contributed by atoms with E-state index < -0.39 is 5.60 Å². The Labute approximate surface area is 154 Å². The molecule has 2 N–H and O–H groups in total. The number of aliphatic hydroxyl groups is 1. The van der Waals surface area contributed by atoms with Crippen LogP contribution >= 0.6 is 0 Å². The molecular weight excluding hydrogens is 327 g/mol. The minimum Gasteiger partial charge on any atom is -0.390 e. The Morgan fingerprint density at radius 1 is 1.08 bits per heavy atom. The molecule has 3 nitrogen and oxygen atoms in total. The van der Waals surface area contributed by atoms with Crippen molar-refractivity contribution in [3.05, 3.63) is 41.8 Å². The molecule has 138 valence electrons. The van der Waals surface area contributed by atoms with Gasteiger partial charge in [-0.25, -0.2) is 4.39 Å². The Kier molecular flexibility index (Phi) is 3.23. The molecule has 0 amide bonds. The molecule has 0 saturated heterocycles. The highest BCUT2D eigenvalue weighted by Crippen LogP contribution is 2.67. The highest BCUT2D eigenvalue weighted by molar-refractivity contribution is 5.79. The van der Waals surface area contributed by atoms with Crippen LogP contribution in [-0.4, -0.2) is 21.2 Å². The van der Waals surface area contributed by atoms with Gasteiger partial charge in [0.05, 0.1) is 5.60 Å². The standard InChI is InChI=1S/C22H27FN2O/c1-19-9-20(2)11-21(10-19,14-22(26,12-19)13-20)25-8-15-6-16-4-3-5-17(23)18(16)24-7-15/h3-7,25-26H,8-14H2,1-2H3. The van der Waals surface area contributed by atoms with Gasteiger partial charge in [0.25, 0.3) is 0 Å². The van der Waals surface area contributed by atoms with E-state index in [1.807, 2.05) is 12.1 Å². The Morgan fingerprint density at radius 2 is 1.81 bits per heavy atom. The quantitative estimate of drug-likeness (QED) is 0.862. The van der Waals surface area contributed by atoms with Crippen LogP contribution in [0.2, 0.25) is 0 Å². The predicted octanol–water partition coefficient (Wildman–Crippen LogP) is 4.33. The number of para-hydroxylation sites is 1. The first-order valence-electron chi connectivity index (χ1n) is 9.70. The Hall–Kier alpha value is -1.52. The smallest absolute Gasteiger partial charge is 0.149 e. The average Bonchev–Trinajstić information content (AvgIpc) is 2.48. The highest BCUT2D eigenvalue weighted by Gasteiger charge is 2.65. The molecule has 4 bridgehead atoms. The number of pyridine rings is 1. The second-order valence-electron chi connectivity index (χ2n) is 10.2. The largest absolute Gasteiger partial charge is 0.390 e. The second kappa shape index (κ2) is 5.05. The molecule has 26 heavy (non-hydrogen) atoms. The number of hydrogen-bond donors (Lipinski definition) is 2. The minimum absolute atomic E-state index is 0.00386. The van der Waals surface area contributed by atoms with Crippen LogP contribution in [0.3, 0.4) is 0 Å². The molecule has 4 aliphatic rings. The van der Waals surface area contributed by atoms with Crippen molar-refractivity contribution in [2.75, 3.05) is 0 Å². The topological polar surface area (TPSA) is 45.1 Å². The molecule has 2 aromatic rings. The van der Waals surface area contributed by atoms with E-state index in [9.17, 15) is 9.50 Å². The van der Waals surface area contributed by atoms with Gasteiger partial charge in [0, 0.05) is 23.7 Å². The molecule has 4 fully saturated rings. The van der Waals surface area contributed by atoms with Gasteiger partial charge < -0.3 is 10.4 Å². The van der Waals surface area contributed by atoms with Crippen LogP contribution in [0.15, 0.2) is 30.5 Å². The first kappa shape index (κ1) is 16.6. The SMILES string of the molecule is CC12CC3(C)CC(O)(C1)CC(NCc1cnc4c(F)cccc4c1)(C2)C3. The number of fused-ring (bicyclic) bond motifs is 1. The summed E-state index contributed by atoms with van der Waals surface area (Å²) in [5.74, 6) is -0.272. The van der Waals surface area contributed by atoms with Crippen molar-refractivity contribution in [3.8, 4) is 0 Å². The van der Waals surface area contributed by atoms with Gasteiger partial charge in [-0.05, 0) is 67.1 Å². The number of hydrogen-bond acceptors (Lipinski definition) is 3. The molecule has 4 heteroatoms. The van der Waals surface area contributed by atoms with Gasteiger partial charge in [0.1, 0.15) is 11.3 Å². The van der Waals surface area contributed by atoms with E-state index in [4.69, 9.17) is 0 Å². The molecular formula is C22H27FN2O. The number of nitrogens with one attached hydrogen (secondary N) is 1. The number of rotatable bonds is 3. The third-order valence-electron chi connectivity index (χ3n) is 6.95. The van der Waals surface area contributed by atoms with Gasteiger partial charge in [-0.3, -0.25) is 4.98 Å². The normalized spacial score (nSPS) is 41.1. The van der Waals surface area contributed by atoms with Gasteiger partial charge in [-0.1, -0.05) is 26.0 Å². The lowest BCUT2D eigenvalue weighted by Crippen LogP contribution is -2.69.